The van der Waals surface area contributed by atoms with Crippen LogP contribution in [-0.2, 0) is 20.9 Å². The number of hydrogen-bond donors (Lipinski definition) is 2. The standard InChI is InChI=1S/C22H17Cl3N4O5S2/c23-12-4-14(25)15(5-13(12)24)35-9-16(30)27-17-20(32)29-18(22(33)34)11(8-36-21(17)29)7-28-3-1-2-10(6-28)19(26)31/h1-6,17,21H,7-9H2,(H3-,26,27,30,31,33,34)/t17-,21-/m1/s1. The average molecular weight is 588 g/mol. The molecule has 2 aliphatic rings. The number of nitrogens with two attached hydrogens (primary N) is 1. The lowest BCUT2D eigenvalue weighted by molar-refractivity contribution is -0.689. The molecule has 9 nitrogen and oxygen atoms in total. The van der Waals surface area contributed by atoms with Crippen LogP contribution in [0.2, 0.25) is 15.1 Å². The number of amides is 3. The highest BCUT2D eigenvalue weighted by atomic mass is 35.5. The maximum Gasteiger partial charge on any atom is 0.254 e. The first kappa shape index (κ1) is 26.6. The number of benzene rings is 1. The highest BCUT2D eigenvalue weighted by molar-refractivity contribution is 8.00. The molecule has 0 saturated carbocycles. The first-order valence-electron chi connectivity index (χ1n) is 10.3. The zero-order valence-electron chi connectivity index (χ0n) is 18.2. The number of thioether (sulfide) groups is 2. The van der Waals surface area contributed by atoms with Crippen LogP contribution in [0.5, 0.6) is 0 Å². The molecule has 36 heavy (non-hydrogen) atoms. The number of pyridine rings is 1. The van der Waals surface area contributed by atoms with Crippen molar-refractivity contribution in [2.24, 2.45) is 5.73 Å². The number of aliphatic carboxylic acids is 1. The second kappa shape index (κ2) is 10.9. The molecule has 0 aliphatic carbocycles. The van der Waals surface area contributed by atoms with Crippen LogP contribution in [-0.4, -0.2) is 51.5 Å². The summed E-state index contributed by atoms with van der Waals surface area (Å²) in [6, 6.07) is 5.30. The highest BCUT2D eigenvalue weighted by Crippen LogP contribution is 2.40. The topological polar surface area (TPSA) is 137 Å². The molecule has 1 fully saturated rings. The maximum atomic E-state index is 12.8. The third-order valence-corrected chi connectivity index (χ3v) is 8.95. The Morgan fingerprint density at radius 1 is 1.22 bits per heavy atom. The number of carbonyl (C=O) groups excluding carboxylic acids is 4. The largest absolute Gasteiger partial charge is 0.543 e. The number of nitrogens with one attached hydrogen (secondary N) is 1. The number of carbonyl (C=O) groups is 4. The Labute approximate surface area is 228 Å². The van der Waals surface area contributed by atoms with Crippen LogP contribution in [0.3, 0.4) is 0 Å². The third kappa shape index (κ3) is 5.45. The fraction of sp³-hybridized carbons (Fsp3) is 0.227. The van der Waals surface area contributed by atoms with Crippen molar-refractivity contribution in [1.82, 2.24) is 10.2 Å². The van der Waals surface area contributed by atoms with Crippen molar-refractivity contribution in [2.45, 2.75) is 22.9 Å². The van der Waals surface area contributed by atoms with Gasteiger partial charge in [-0.1, -0.05) is 34.8 Å². The summed E-state index contributed by atoms with van der Waals surface area (Å²) in [6.07, 6.45) is 3.15. The monoisotopic (exact) mass is 586 g/mol. The molecule has 4 rings (SSSR count). The minimum Gasteiger partial charge on any atom is -0.543 e. The van der Waals surface area contributed by atoms with E-state index in [0.29, 0.717) is 25.5 Å². The predicted molar refractivity (Wildman–Crippen MR) is 134 cm³/mol. The lowest BCUT2D eigenvalue weighted by Gasteiger charge is -2.50. The number of fused-ring (bicyclic) bond motifs is 1. The van der Waals surface area contributed by atoms with Gasteiger partial charge in [0.25, 0.3) is 11.8 Å². The van der Waals surface area contributed by atoms with Crippen molar-refractivity contribution < 1.29 is 28.9 Å². The average Bonchev–Trinajstić information content (AvgIpc) is 2.83. The lowest BCUT2D eigenvalue weighted by atomic mass is 10.0. The molecule has 0 spiro atoms. The Kier molecular flexibility index (Phi) is 8.06. The molecule has 3 N–H and O–H groups in total. The van der Waals surface area contributed by atoms with Gasteiger partial charge in [-0.2, -0.15) is 0 Å². The molecule has 2 aromatic rings. The molecule has 1 saturated heterocycles. The van der Waals surface area contributed by atoms with Gasteiger partial charge in [0, 0.05) is 22.3 Å². The summed E-state index contributed by atoms with van der Waals surface area (Å²) >= 11 is 20.5. The summed E-state index contributed by atoms with van der Waals surface area (Å²) in [4.78, 5) is 50.4. The normalized spacial score (nSPS) is 19.0. The van der Waals surface area contributed by atoms with Crippen LogP contribution >= 0.6 is 58.3 Å². The van der Waals surface area contributed by atoms with E-state index in [1.54, 1.807) is 29.0 Å². The second-order valence-electron chi connectivity index (χ2n) is 7.81. The molecule has 188 valence electrons. The number of carboxylic acid groups (broad SMARTS) is 1. The molecule has 3 amide bonds. The van der Waals surface area contributed by atoms with Gasteiger partial charge in [0.15, 0.2) is 18.9 Å². The van der Waals surface area contributed by atoms with E-state index < -0.39 is 35.1 Å². The number of rotatable bonds is 8. The third-order valence-electron chi connectivity index (χ3n) is 5.41. The van der Waals surface area contributed by atoms with Crippen molar-refractivity contribution in [3.63, 3.8) is 0 Å². The smallest absolute Gasteiger partial charge is 0.254 e. The van der Waals surface area contributed by atoms with Gasteiger partial charge in [-0.25, -0.2) is 4.57 Å². The van der Waals surface area contributed by atoms with Crippen molar-refractivity contribution in [3.05, 3.63) is 68.6 Å². The predicted octanol–water partition coefficient (Wildman–Crippen LogP) is 1.23. The number of primary amides is 1. The van der Waals surface area contributed by atoms with Crippen LogP contribution in [0.4, 0.5) is 0 Å². The summed E-state index contributed by atoms with van der Waals surface area (Å²) in [7, 11) is 0. The van der Waals surface area contributed by atoms with Gasteiger partial charge in [0.2, 0.25) is 5.91 Å². The summed E-state index contributed by atoms with van der Waals surface area (Å²) in [5, 5.41) is 15.0. The van der Waals surface area contributed by atoms with Gasteiger partial charge in [-0.15, -0.1) is 23.5 Å². The van der Waals surface area contributed by atoms with Crippen LogP contribution in [0.1, 0.15) is 10.4 Å². The molecule has 0 radical (unpaired) electrons. The number of nitrogens with zero attached hydrogens (tertiary/aromatic N) is 2. The van der Waals surface area contributed by atoms with E-state index in [1.807, 2.05) is 0 Å². The Hall–Kier alpha value is -2.44. The summed E-state index contributed by atoms with van der Waals surface area (Å²) in [5.74, 6) is -2.85. The number of halogens is 3. The Morgan fingerprint density at radius 3 is 2.64 bits per heavy atom. The fourth-order valence-electron chi connectivity index (χ4n) is 3.75. The lowest BCUT2D eigenvalue weighted by Crippen LogP contribution is -2.71. The van der Waals surface area contributed by atoms with E-state index in [0.717, 1.165) is 16.7 Å². The molecule has 2 atom stereocenters. The maximum absolute atomic E-state index is 12.8. The summed E-state index contributed by atoms with van der Waals surface area (Å²) in [6.45, 7) is 0.117. The molecular formula is C22H17Cl3N4O5S2. The fourth-order valence-corrected chi connectivity index (χ4v) is 6.63. The number of hydrogen-bond acceptors (Lipinski definition) is 7. The first-order valence-corrected chi connectivity index (χ1v) is 13.5. The van der Waals surface area contributed by atoms with Crippen LogP contribution in [0.25, 0.3) is 0 Å². The van der Waals surface area contributed by atoms with Gasteiger partial charge >= 0.3 is 0 Å². The highest BCUT2D eigenvalue weighted by Gasteiger charge is 2.53. The van der Waals surface area contributed by atoms with Crippen LogP contribution in [0, 0.1) is 0 Å². The van der Waals surface area contributed by atoms with Crippen molar-refractivity contribution in [1.29, 1.82) is 0 Å². The quantitative estimate of drug-likeness (QED) is 0.205. The molecule has 0 bridgehead atoms. The molecule has 14 heteroatoms. The van der Waals surface area contributed by atoms with Gasteiger partial charge in [0.05, 0.1) is 32.5 Å². The molecular weight excluding hydrogens is 571 g/mol. The van der Waals surface area contributed by atoms with Gasteiger partial charge in [0.1, 0.15) is 17.0 Å². The number of carboxylic acids is 1. The molecule has 2 aliphatic heterocycles. The van der Waals surface area contributed by atoms with Crippen LogP contribution in [0.15, 0.2) is 52.8 Å². The van der Waals surface area contributed by atoms with Gasteiger partial charge in [-0.05, 0) is 18.2 Å². The number of β-lactam (4-membered cyclic amide) rings is 1. The van der Waals surface area contributed by atoms with E-state index in [9.17, 15) is 24.3 Å². The zero-order chi connectivity index (χ0) is 26.1. The Bertz CT molecular complexity index is 1320. The van der Waals surface area contributed by atoms with E-state index >= 15 is 0 Å². The van der Waals surface area contributed by atoms with Gasteiger partial charge in [-0.3, -0.25) is 19.3 Å². The van der Waals surface area contributed by atoms with E-state index in [4.69, 9.17) is 40.5 Å². The van der Waals surface area contributed by atoms with Crippen molar-refractivity contribution in [3.8, 4) is 0 Å². The minimum absolute atomic E-state index is 0.0415. The zero-order valence-corrected chi connectivity index (χ0v) is 22.1. The first-order chi connectivity index (χ1) is 17.1. The van der Waals surface area contributed by atoms with E-state index in [2.05, 4.69) is 5.32 Å². The molecule has 0 unspecified atom stereocenters. The van der Waals surface area contributed by atoms with Crippen LogP contribution < -0.4 is 20.7 Å². The summed E-state index contributed by atoms with van der Waals surface area (Å²) in [5.41, 5.74) is 5.77. The summed E-state index contributed by atoms with van der Waals surface area (Å²) < 4.78 is 1.61. The second-order valence-corrected chi connectivity index (χ2v) is 11.2. The van der Waals surface area contributed by atoms with Gasteiger partial charge < -0.3 is 21.0 Å². The minimum atomic E-state index is -1.50. The van der Waals surface area contributed by atoms with Crippen molar-refractivity contribution >= 4 is 82.0 Å². The Morgan fingerprint density at radius 2 is 1.94 bits per heavy atom. The number of aromatic nitrogens is 1. The van der Waals surface area contributed by atoms with E-state index in [-0.39, 0.29) is 29.3 Å². The molecule has 3 heterocycles. The van der Waals surface area contributed by atoms with E-state index in [1.165, 1.54) is 24.0 Å². The molecule has 1 aromatic carbocycles. The van der Waals surface area contributed by atoms with Crippen molar-refractivity contribution in [2.75, 3.05) is 11.5 Å². The molecule has 1 aromatic heterocycles. The Balaban J connectivity index is 1.43. The SMILES string of the molecule is NC(=O)c1ccc[n+](CC2=C(C(=O)[O-])N3C(=O)[C@@H](NC(=O)CSc4cc(Cl)c(Cl)cc4Cl)[C@H]3SC2)c1.